The third-order valence-corrected chi connectivity index (χ3v) is 2.17. The lowest BCUT2D eigenvalue weighted by Gasteiger charge is -2.11. The van der Waals surface area contributed by atoms with E-state index in [0.29, 0.717) is 12.0 Å². The summed E-state index contributed by atoms with van der Waals surface area (Å²) in [6.07, 6.45) is 0.734. The van der Waals surface area contributed by atoms with E-state index >= 15 is 0 Å². The maximum absolute atomic E-state index is 13.2. The second-order valence-electron chi connectivity index (χ2n) is 3.28. The Morgan fingerprint density at radius 1 is 1.43 bits per heavy atom. The zero-order chi connectivity index (χ0) is 10.4. The Hall–Kier alpha value is -0.930. The van der Waals surface area contributed by atoms with Gasteiger partial charge >= 0.3 is 0 Å². The summed E-state index contributed by atoms with van der Waals surface area (Å²) in [6, 6.07) is 6.36. The van der Waals surface area contributed by atoms with Crippen LogP contribution in [0.5, 0.6) is 0 Å². The molecule has 0 amide bonds. The van der Waals surface area contributed by atoms with E-state index in [1.54, 1.807) is 18.2 Å². The van der Waals surface area contributed by atoms with Crippen molar-refractivity contribution in [3.63, 3.8) is 0 Å². The molecular weight excluding hydrogens is 181 g/mol. The maximum atomic E-state index is 13.2. The highest BCUT2D eigenvalue weighted by Gasteiger charge is 2.10. The molecule has 0 aliphatic rings. The number of halogens is 1. The number of nitrogens with one attached hydrogen (secondary N) is 1. The van der Waals surface area contributed by atoms with Crippen molar-refractivity contribution in [1.29, 1.82) is 0 Å². The van der Waals surface area contributed by atoms with Gasteiger partial charge in [-0.3, -0.25) is 0 Å². The molecule has 2 N–H and O–H groups in total. The lowest BCUT2D eigenvalue weighted by atomic mass is 10.0. The van der Waals surface area contributed by atoms with Crippen LogP contribution in [0.15, 0.2) is 24.3 Å². The molecule has 0 bridgehead atoms. The number of benzene rings is 1. The highest BCUT2D eigenvalue weighted by Crippen LogP contribution is 2.20. The van der Waals surface area contributed by atoms with E-state index in [1.165, 1.54) is 6.07 Å². The minimum Gasteiger partial charge on any atom is -0.388 e. The van der Waals surface area contributed by atoms with Gasteiger partial charge in [0.15, 0.2) is 0 Å². The predicted molar refractivity (Wildman–Crippen MR) is 54.5 cm³/mol. The van der Waals surface area contributed by atoms with Crippen LogP contribution in [-0.2, 0) is 0 Å². The Morgan fingerprint density at radius 3 is 2.79 bits per heavy atom. The summed E-state index contributed by atoms with van der Waals surface area (Å²) in [4.78, 5) is 0. The first kappa shape index (κ1) is 11.1. The molecule has 1 rings (SSSR count). The summed E-state index contributed by atoms with van der Waals surface area (Å²) in [5.41, 5.74) is 0.392. The van der Waals surface area contributed by atoms with Crippen LogP contribution in [0, 0.1) is 5.82 Å². The van der Waals surface area contributed by atoms with Crippen molar-refractivity contribution in [2.45, 2.75) is 18.9 Å². The Morgan fingerprint density at radius 2 is 2.14 bits per heavy atom. The molecule has 0 heterocycles. The van der Waals surface area contributed by atoms with Crippen molar-refractivity contribution in [2.24, 2.45) is 0 Å². The molecule has 0 spiro atoms. The average molecular weight is 197 g/mol. The van der Waals surface area contributed by atoms with Crippen molar-refractivity contribution in [1.82, 2.24) is 5.32 Å². The van der Waals surface area contributed by atoms with Crippen molar-refractivity contribution in [3.05, 3.63) is 35.6 Å². The van der Waals surface area contributed by atoms with Gasteiger partial charge in [0, 0.05) is 5.56 Å². The Bertz CT molecular complexity index is 278. The quantitative estimate of drug-likeness (QED) is 0.706. The highest BCUT2D eigenvalue weighted by molar-refractivity contribution is 5.19. The van der Waals surface area contributed by atoms with E-state index in [9.17, 15) is 9.50 Å². The van der Waals surface area contributed by atoms with Crippen LogP contribution in [0.25, 0.3) is 0 Å². The molecule has 0 radical (unpaired) electrons. The van der Waals surface area contributed by atoms with E-state index in [1.807, 2.05) is 7.05 Å². The Labute approximate surface area is 83.8 Å². The smallest absolute Gasteiger partial charge is 0.128 e. The fraction of sp³-hybridized carbons (Fsp3) is 0.455. The minimum absolute atomic E-state index is 0.329. The molecule has 78 valence electrons. The predicted octanol–water partition coefficient (Wildman–Crippen LogP) is 1.86. The summed E-state index contributed by atoms with van der Waals surface area (Å²) >= 11 is 0. The van der Waals surface area contributed by atoms with Crippen molar-refractivity contribution in [3.8, 4) is 0 Å². The van der Waals surface area contributed by atoms with Crippen molar-refractivity contribution in [2.75, 3.05) is 13.6 Å². The van der Waals surface area contributed by atoms with Gasteiger partial charge in [0.2, 0.25) is 0 Å². The third kappa shape index (κ3) is 3.09. The number of aliphatic hydroxyl groups is 1. The molecular formula is C11H16FNO. The van der Waals surface area contributed by atoms with Gasteiger partial charge in [0.1, 0.15) is 5.82 Å². The van der Waals surface area contributed by atoms with E-state index in [-0.39, 0.29) is 5.82 Å². The van der Waals surface area contributed by atoms with E-state index in [4.69, 9.17) is 0 Å². The van der Waals surface area contributed by atoms with Crippen LogP contribution in [0.3, 0.4) is 0 Å². The molecule has 0 aliphatic carbocycles. The van der Waals surface area contributed by atoms with Crippen LogP contribution in [0.2, 0.25) is 0 Å². The standard InChI is InChI=1S/C11H16FNO/c1-13-8-4-7-11(14)9-5-2-3-6-10(9)12/h2-3,5-6,11,13-14H,4,7-8H2,1H3. The van der Waals surface area contributed by atoms with Gasteiger partial charge in [0.25, 0.3) is 0 Å². The summed E-state index contributed by atoms with van der Waals surface area (Å²) in [5, 5.41) is 12.6. The molecule has 0 saturated heterocycles. The topological polar surface area (TPSA) is 32.3 Å². The van der Waals surface area contributed by atoms with Gasteiger partial charge in [-0.05, 0) is 32.5 Å². The molecule has 0 fully saturated rings. The van der Waals surface area contributed by atoms with Crippen molar-refractivity contribution >= 4 is 0 Å². The molecule has 0 aromatic heterocycles. The monoisotopic (exact) mass is 197 g/mol. The summed E-state index contributed by atoms with van der Waals surface area (Å²) < 4.78 is 13.2. The van der Waals surface area contributed by atoms with Crippen LogP contribution < -0.4 is 5.32 Å². The van der Waals surface area contributed by atoms with Gasteiger partial charge in [-0.2, -0.15) is 0 Å². The van der Waals surface area contributed by atoms with Gasteiger partial charge in [0.05, 0.1) is 6.10 Å². The molecule has 14 heavy (non-hydrogen) atoms. The van der Waals surface area contributed by atoms with Crippen LogP contribution >= 0.6 is 0 Å². The van der Waals surface area contributed by atoms with Crippen molar-refractivity contribution < 1.29 is 9.50 Å². The summed E-state index contributed by atoms with van der Waals surface area (Å²) in [6.45, 7) is 0.839. The fourth-order valence-corrected chi connectivity index (χ4v) is 1.37. The SMILES string of the molecule is CNCCCC(O)c1ccccc1F. The number of aliphatic hydroxyl groups excluding tert-OH is 1. The van der Waals surface area contributed by atoms with Gasteiger partial charge < -0.3 is 10.4 Å². The van der Waals surface area contributed by atoms with Gasteiger partial charge in [-0.15, -0.1) is 0 Å². The largest absolute Gasteiger partial charge is 0.388 e. The molecule has 1 aromatic carbocycles. The Kier molecular flexibility index (Phi) is 4.56. The third-order valence-electron chi connectivity index (χ3n) is 2.17. The normalized spacial score (nSPS) is 12.8. The van der Waals surface area contributed by atoms with Gasteiger partial charge in [-0.1, -0.05) is 18.2 Å². The first-order valence-electron chi connectivity index (χ1n) is 4.83. The zero-order valence-electron chi connectivity index (χ0n) is 8.33. The average Bonchev–Trinajstić information content (AvgIpc) is 2.18. The first-order chi connectivity index (χ1) is 6.75. The number of hydrogen-bond donors (Lipinski definition) is 2. The minimum atomic E-state index is -0.690. The zero-order valence-corrected chi connectivity index (χ0v) is 8.33. The van der Waals surface area contributed by atoms with Crippen LogP contribution in [-0.4, -0.2) is 18.7 Å². The summed E-state index contributed by atoms with van der Waals surface area (Å²) in [5.74, 6) is -0.329. The maximum Gasteiger partial charge on any atom is 0.128 e. The second kappa shape index (κ2) is 5.73. The molecule has 1 aromatic rings. The Balaban J connectivity index is 2.51. The van der Waals surface area contributed by atoms with E-state index in [2.05, 4.69) is 5.32 Å². The highest BCUT2D eigenvalue weighted by atomic mass is 19.1. The van der Waals surface area contributed by atoms with Crippen LogP contribution in [0.4, 0.5) is 4.39 Å². The number of rotatable bonds is 5. The van der Waals surface area contributed by atoms with E-state index < -0.39 is 6.10 Å². The van der Waals surface area contributed by atoms with Crippen LogP contribution in [0.1, 0.15) is 24.5 Å². The molecule has 1 unspecified atom stereocenters. The van der Waals surface area contributed by atoms with Gasteiger partial charge in [-0.25, -0.2) is 4.39 Å². The lowest BCUT2D eigenvalue weighted by Crippen LogP contribution is -2.09. The van der Waals surface area contributed by atoms with E-state index in [0.717, 1.165) is 13.0 Å². The fourth-order valence-electron chi connectivity index (χ4n) is 1.37. The summed E-state index contributed by atoms with van der Waals surface area (Å²) in [7, 11) is 1.86. The molecule has 2 nitrogen and oxygen atoms in total. The molecule has 0 aliphatic heterocycles. The molecule has 1 atom stereocenters. The molecule has 3 heteroatoms. The molecule has 0 saturated carbocycles. The second-order valence-corrected chi connectivity index (χ2v) is 3.28. The lowest BCUT2D eigenvalue weighted by molar-refractivity contribution is 0.160. The number of hydrogen-bond acceptors (Lipinski definition) is 2. The first-order valence-corrected chi connectivity index (χ1v) is 4.83.